The number of sulfone groups is 1. The van der Waals surface area contributed by atoms with Crippen LogP contribution in [0.3, 0.4) is 0 Å². The number of nitrogens with zero attached hydrogens (tertiary/aromatic N) is 1. The van der Waals surface area contributed by atoms with Crippen LogP contribution in [0.5, 0.6) is 0 Å². The highest BCUT2D eigenvalue weighted by Crippen LogP contribution is 2.22. The molecule has 0 aromatic rings. The summed E-state index contributed by atoms with van der Waals surface area (Å²) < 4.78 is 23.1. The van der Waals surface area contributed by atoms with Crippen LogP contribution in [-0.2, 0) is 9.84 Å². The summed E-state index contributed by atoms with van der Waals surface area (Å²) in [6.07, 6.45) is 0.770. The zero-order chi connectivity index (χ0) is 13.1. The second-order valence-corrected chi connectivity index (χ2v) is 8.08. The Morgan fingerprint density at radius 2 is 1.94 bits per heavy atom. The molecular formula is C12H26N2O2S. The molecule has 1 aliphatic rings. The van der Waals surface area contributed by atoms with Crippen LogP contribution in [-0.4, -0.2) is 57.5 Å². The quantitative estimate of drug-likeness (QED) is 0.812. The normalized spacial score (nSPS) is 24.2. The highest BCUT2D eigenvalue weighted by molar-refractivity contribution is 7.91. The van der Waals surface area contributed by atoms with Crippen molar-refractivity contribution in [1.82, 2.24) is 10.2 Å². The summed E-state index contributed by atoms with van der Waals surface area (Å²) in [7, 11) is -0.819. The molecular weight excluding hydrogens is 236 g/mol. The molecule has 0 aromatic carbocycles. The predicted octanol–water partition coefficient (Wildman–Crippen LogP) is 0.741. The van der Waals surface area contributed by atoms with Crippen LogP contribution < -0.4 is 5.32 Å². The van der Waals surface area contributed by atoms with Crippen LogP contribution in [0.4, 0.5) is 0 Å². The molecule has 1 atom stereocenters. The molecule has 0 radical (unpaired) electrons. The largest absolute Gasteiger partial charge is 0.317 e. The monoisotopic (exact) mass is 262 g/mol. The van der Waals surface area contributed by atoms with Crippen molar-refractivity contribution in [3.05, 3.63) is 0 Å². The summed E-state index contributed by atoms with van der Waals surface area (Å²) >= 11 is 0. The van der Waals surface area contributed by atoms with Crippen molar-refractivity contribution < 1.29 is 8.42 Å². The van der Waals surface area contributed by atoms with Crippen LogP contribution in [0.1, 0.15) is 27.2 Å². The maximum absolute atomic E-state index is 11.5. The number of nitrogens with one attached hydrogen (secondary N) is 1. The van der Waals surface area contributed by atoms with Gasteiger partial charge in [0.05, 0.1) is 11.5 Å². The Labute approximate surface area is 106 Å². The van der Waals surface area contributed by atoms with Crippen LogP contribution in [0, 0.1) is 5.41 Å². The van der Waals surface area contributed by atoms with Crippen LogP contribution >= 0.6 is 0 Å². The van der Waals surface area contributed by atoms with E-state index in [1.807, 2.05) is 7.05 Å². The second kappa shape index (κ2) is 5.67. The topological polar surface area (TPSA) is 49.4 Å². The lowest BCUT2D eigenvalue weighted by Crippen LogP contribution is -2.46. The molecule has 0 aromatic heterocycles. The lowest BCUT2D eigenvalue weighted by molar-refractivity contribution is 0.153. The third kappa shape index (κ3) is 4.56. The Bertz CT molecular complexity index is 338. The molecule has 1 rings (SSSR count). The Morgan fingerprint density at radius 1 is 1.29 bits per heavy atom. The highest BCUT2D eigenvalue weighted by atomic mass is 32.2. The molecule has 0 spiro atoms. The van der Waals surface area contributed by atoms with E-state index in [1.54, 1.807) is 0 Å². The Hall–Kier alpha value is -0.130. The van der Waals surface area contributed by atoms with E-state index in [0.29, 0.717) is 24.1 Å². The minimum absolute atomic E-state index is 0.156. The average molecular weight is 262 g/mol. The first kappa shape index (κ1) is 14.9. The van der Waals surface area contributed by atoms with E-state index in [2.05, 4.69) is 31.0 Å². The number of hydrogen-bond donors (Lipinski definition) is 1. The van der Waals surface area contributed by atoms with E-state index in [1.165, 1.54) is 0 Å². The van der Waals surface area contributed by atoms with Crippen molar-refractivity contribution in [2.75, 3.05) is 38.2 Å². The lowest BCUT2D eigenvalue weighted by Gasteiger charge is -2.36. The molecule has 1 aliphatic heterocycles. The van der Waals surface area contributed by atoms with E-state index in [-0.39, 0.29) is 5.41 Å². The fourth-order valence-electron chi connectivity index (χ4n) is 2.25. The van der Waals surface area contributed by atoms with E-state index in [0.717, 1.165) is 19.5 Å². The minimum atomic E-state index is -2.79. The first-order chi connectivity index (χ1) is 7.77. The Balaban J connectivity index is 2.58. The molecule has 1 fully saturated rings. The highest BCUT2D eigenvalue weighted by Gasteiger charge is 2.29. The van der Waals surface area contributed by atoms with Crippen molar-refractivity contribution in [1.29, 1.82) is 0 Å². The third-order valence-electron chi connectivity index (χ3n) is 3.88. The molecule has 1 heterocycles. The summed E-state index contributed by atoms with van der Waals surface area (Å²) in [5, 5.41) is 3.28. The maximum atomic E-state index is 11.5. The smallest absolute Gasteiger partial charge is 0.151 e. The van der Waals surface area contributed by atoms with E-state index in [9.17, 15) is 8.42 Å². The van der Waals surface area contributed by atoms with Gasteiger partial charge in [-0.05, 0) is 32.4 Å². The van der Waals surface area contributed by atoms with Gasteiger partial charge in [0.2, 0.25) is 0 Å². The van der Waals surface area contributed by atoms with Crippen molar-refractivity contribution in [2.24, 2.45) is 5.41 Å². The fourth-order valence-corrected chi connectivity index (χ4v) is 3.56. The fraction of sp³-hybridized carbons (Fsp3) is 1.00. The van der Waals surface area contributed by atoms with Gasteiger partial charge in [-0.15, -0.1) is 0 Å². The van der Waals surface area contributed by atoms with Crippen LogP contribution in [0.15, 0.2) is 0 Å². The third-order valence-corrected chi connectivity index (χ3v) is 5.60. The van der Waals surface area contributed by atoms with Crippen molar-refractivity contribution in [3.8, 4) is 0 Å². The predicted molar refractivity (Wildman–Crippen MR) is 72.0 cm³/mol. The molecule has 4 nitrogen and oxygen atoms in total. The Kier molecular flexibility index (Phi) is 4.98. The van der Waals surface area contributed by atoms with Gasteiger partial charge < -0.3 is 10.2 Å². The van der Waals surface area contributed by atoms with Crippen molar-refractivity contribution in [3.63, 3.8) is 0 Å². The summed E-state index contributed by atoms with van der Waals surface area (Å²) in [6.45, 7) is 9.17. The van der Waals surface area contributed by atoms with Crippen molar-refractivity contribution in [2.45, 2.75) is 33.2 Å². The maximum Gasteiger partial charge on any atom is 0.151 e. The van der Waals surface area contributed by atoms with Crippen LogP contribution in [0.2, 0.25) is 0 Å². The van der Waals surface area contributed by atoms with E-state index >= 15 is 0 Å². The van der Waals surface area contributed by atoms with Gasteiger partial charge in [-0.3, -0.25) is 0 Å². The molecule has 0 amide bonds. The molecule has 17 heavy (non-hydrogen) atoms. The standard InChI is InChI=1S/C12H26N2O2S/c1-11(13-4)12(2,3)10-14-6-5-8-17(15,16)9-7-14/h11,13H,5-10H2,1-4H3. The summed E-state index contributed by atoms with van der Waals surface area (Å²) in [5.74, 6) is 0.669. The lowest BCUT2D eigenvalue weighted by atomic mass is 9.85. The first-order valence-electron chi connectivity index (χ1n) is 6.37. The molecule has 1 N–H and O–H groups in total. The van der Waals surface area contributed by atoms with Gasteiger partial charge in [0.15, 0.2) is 9.84 Å². The van der Waals surface area contributed by atoms with Crippen molar-refractivity contribution >= 4 is 9.84 Å². The summed E-state index contributed by atoms with van der Waals surface area (Å²) in [6, 6.07) is 0.419. The molecule has 1 saturated heterocycles. The Morgan fingerprint density at radius 3 is 2.53 bits per heavy atom. The average Bonchev–Trinajstić information content (AvgIpc) is 2.38. The van der Waals surface area contributed by atoms with Gasteiger partial charge in [-0.25, -0.2) is 8.42 Å². The zero-order valence-corrected chi connectivity index (χ0v) is 12.3. The molecule has 1 unspecified atom stereocenters. The summed E-state index contributed by atoms with van der Waals surface area (Å²) in [5.41, 5.74) is 0.156. The van der Waals surface area contributed by atoms with Gasteiger partial charge in [0.1, 0.15) is 0 Å². The summed E-state index contributed by atoms with van der Waals surface area (Å²) in [4.78, 5) is 2.29. The molecule has 0 aliphatic carbocycles. The minimum Gasteiger partial charge on any atom is -0.317 e. The SMILES string of the molecule is CNC(C)C(C)(C)CN1CCCS(=O)(=O)CC1. The number of hydrogen-bond acceptors (Lipinski definition) is 4. The molecule has 0 saturated carbocycles. The zero-order valence-electron chi connectivity index (χ0n) is 11.5. The van der Waals surface area contributed by atoms with Gasteiger partial charge in [0.25, 0.3) is 0 Å². The van der Waals surface area contributed by atoms with Gasteiger partial charge in [-0.1, -0.05) is 13.8 Å². The molecule has 102 valence electrons. The van der Waals surface area contributed by atoms with Gasteiger partial charge >= 0.3 is 0 Å². The second-order valence-electron chi connectivity index (χ2n) is 5.78. The van der Waals surface area contributed by atoms with Gasteiger partial charge in [0, 0.05) is 19.1 Å². The first-order valence-corrected chi connectivity index (χ1v) is 8.19. The molecule has 0 bridgehead atoms. The van der Waals surface area contributed by atoms with Gasteiger partial charge in [-0.2, -0.15) is 0 Å². The van der Waals surface area contributed by atoms with E-state index in [4.69, 9.17) is 0 Å². The van der Waals surface area contributed by atoms with E-state index < -0.39 is 9.84 Å². The van der Waals surface area contributed by atoms with Crippen LogP contribution in [0.25, 0.3) is 0 Å². The number of rotatable bonds is 4. The molecule has 5 heteroatoms.